The second-order valence-electron chi connectivity index (χ2n) is 7.53. The molecule has 1 amide bonds. The molecule has 1 aliphatic heterocycles. The number of nitrogens with zero attached hydrogens (tertiary/aromatic N) is 3. The standard InChI is InChI=1S/C24H20ClN3O2S/c25-18-6-9-21-20(15-18)27-23(30-21)16-10-13-28(14-11-16)24(29)17-4-7-19(8-5-17)31-22-3-1-2-12-26-22/h1-9,12,15-16H,10-11,13-14H2. The molecule has 2 aromatic carbocycles. The summed E-state index contributed by atoms with van der Waals surface area (Å²) in [5, 5.41) is 1.59. The molecule has 7 heteroatoms. The van der Waals surface area contributed by atoms with Crippen molar-refractivity contribution < 1.29 is 9.21 Å². The average molecular weight is 450 g/mol. The van der Waals surface area contributed by atoms with Crippen molar-refractivity contribution in [1.82, 2.24) is 14.9 Å². The van der Waals surface area contributed by atoms with Gasteiger partial charge in [0.15, 0.2) is 11.5 Å². The van der Waals surface area contributed by atoms with Gasteiger partial charge in [-0.3, -0.25) is 4.79 Å². The molecule has 0 aliphatic carbocycles. The van der Waals surface area contributed by atoms with E-state index >= 15 is 0 Å². The fourth-order valence-corrected chi connectivity index (χ4v) is 4.74. The fourth-order valence-electron chi connectivity index (χ4n) is 3.80. The van der Waals surface area contributed by atoms with Gasteiger partial charge >= 0.3 is 0 Å². The minimum Gasteiger partial charge on any atom is -0.440 e. The van der Waals surface area contributed by atoms with Gasteiger partial charge in [0.25, 0.3) is 5.91 Å². The average Bonchev–Trinajstić information content (AvgIpc) is 3.23. The number of rotatable bonds is 4. The predicted molar refractivity (Wildman–Crippen MR) is 122 cm³/mol. The summed E-state index contributed by atoms with van der Waals surface area (Å²) in [4.78, 5) is 24.8. The number of halogens is 1. The number of carbonyl (C=O) groups excluding carboxylic acids is 1. The Morgan fingerprint density at radius 3 is 2.61 bits per heavy atom. The SMILES string of the molecule is O=C(c1ccc(Sc2ccccn2)cc1)N1CCC(c2nc3cc(Cl)ccc3o2)CC1. The van der Waals surface area contributed by atoms with Crippen LogP contribution in [0.5, 0.6) is 0 Å². The van der Waals surface area contributed by atoms with Gasteiger partial charge in [-0.15, -0.1) is 0 Å². The third-order valence-electron chi connectivity index (χ3n) is 5.46. The molecule has 0 N–H and O–H groups in total. The molecule has 1 aliphatic rings. The van der Waals surface area contributed by atoms with Gasteiger partial charge in [-0.05, 0) is 67.4 Å². The molecule has 1 fully saturated rings. The van der Waals surface area contributed by atoms with Gasteiger partial charge in [0, 0.05) is 40.7 Å². The maximum absolute atomic E-state index is 12.9. The third-order valence-corrected chi connectivity index (χ3v) is 6.65. The molecule has 5 rings (SSSR count). The van der Waals surface area contributed by atoms with Crippen molar-refractivity contribution in [1.29, 1.82) is 0 Å². The Hall–Kier alpha value is -2.83. The van der Waals surface area contributed by atoms with Crippen LogP contribution in [0.4, 0.5) is 0 Å². The molecule has 1 saturated heterocycles. The quantitative estimate of drug-likeness (QED) is 0.379. The minimum atomic E-state index is 0.0668. The largest absolute Gasteiger partial charge is 0.440 e. The molecule has 0 bridgehead atoms. The van der Waals surface area contributed by atoms with Crippen LogP contribution >= 0.6 is 23.4 Å². The number of amides is 1. The molecule has 0 saturated carbocycles. The van der Waals surface area contributed by atoms with Crippen molar-refractivity contribution in [3.63, 3.8) is 0 Å². The normalized spacial score (nSPS) is 14.8. The Bertz CT molecular complexity index is 1200. The number of fused-ring (bicyclic) bond motifs is 1. The van der Waals surface area contributed by atoms with Gasteiger partial charge in [0.05, 0.1) is 0 Å². The highest BCUT2D eigenvalue weighted by molar-refractivity contribution is 7.99. The lowest BCUT2D eigenvalue weighted by Gasteiger charge is -2.30. The Morgan fingerprint density at radius 1 is 1.06 bits per heavy atom. The van der Waals surface area contributed by atoms with Gasteiger partial charge in [0.2, 0.25) is 0 Å². The number of pyridine rings is 1. The topological polar surface area (TPSA) is 59.2 Å². The van der Waals surface area contributed by atoms with Crippen LogP contribution in [0, 0.1) is 0 Å². The van der Waals surface area contributed by atoms with Crippen LogP contribution in [0.15, 0.2) is 81.2 Å². The lowest BCUT2D eigenvalue weighted by molar-refractivity contribution is 0.0706. The van der Waals surface area contributed by atoms with Gasteiger partial charge < -0.3 is 9.32 Å². The number of likely N-dealkylation sites (tertiary alicyclic amines) is 1. The van der Waals surface area contributed by atoms with Crippen molar-refractivity contribution in [2.75, 3.05) is 13.1 Å². The summed E-state index contributed by atoms with van der Waals surface area (Å²) in [6.07, 6.45) is 3.44. The first kappa shape index (κ1) is 20.1. The van der Waals surface area contributed by atoms with Crippen LogP contribution in [0.3, 0.4) is 0 Å². The molecule has 0 atom stereocenters. The number of piperidine rings is 1. The first-order chi connectivity index (χ1) is 15.2. The highest BCUT2D eigenvalue weighted by Crippen LogP contribution is 2.31. The minimum absolute atomic E-state index is 0.0668. The van der Waals surface area contributed by atoms with Crippen LogP contribution in [0.1, 0.15) is 35.0 Å². The third kappa shape index (κ3) is 4.45. The molecule has 0 unspecified atom stereocenters. The predicted octanol–water partition coefficient (Wildman–Crippen LogP) is 6.05. The number of aromatic nitrogens is 2. The Kier molecular flexibility index (Phi) is 5.66. The van der Waals surface area contributed by atoms with Crippen LogP contribution in [0.25, 0.3) is 11.1 Å². The Labute approximate surface area is 189 Å². The molecule has 0 radical (unpaired) electrons. The number of hydrogen-bond donors (Lipinski definition) is 0. The first-order valence-corrected chi connectivity index (χ1v) is 11.4. The van der Waals surface area contributed by atoms with E-state index in [0.29, 0.717) is 23.7 Å². The van der Waals surface area contributed by atoms with Crippen LogP contribution < -0.4 is 0 Å². The smallest absolute Gasteiger partial charge is 0.253 e. The van der Waals surface area contributed by atoms with E-state index in [1.807, 2.05) is 59.5 Å². The molecule has 31 heavy (non-hydrogen) atoms. The van der Waals surface area contributed by atoms with E-state index in [9.17, 15) is 4.79 Å². The summed E-state index contributed by atoms with van der Waals surface area (Å²) in [5.41, 5.74) is 2.24. The zero-order valence-electron chi connectivity index (χ0n) is 16.7. The monoisotopic (exact) mass is 449 g/mol. The zero-order chi connectivity index (χ0) is 21.2. The molecule has 2 aromatic heterocycles. The van der Waals surface area contributed by atoms with E-state index in [1.165, 1.54) is 0 Å². The molecular formula is C24H20ClN3O2S. The maximum Gasteiger partial charge on any atom is 0.253 e. The van der Waals surface area contributed by atoms with Gasteiger partial charge in [-0.1, -0.05) is 29.4 Å². The van der Waals surface area contributed by atoms with E-state index in [-0.39, 0.29) is 11.8 Å². The first-order valence-electron chi connectivity index (χ1n) is 10.2. The lowest BCUT2D eigenvalue weighted by Crippen LogP contribution is -2.37. The van der Waals surface area contributed by atoms with E-state index in [4.69, 9.17) is 16.0 Å². The summed E-state index contributed by atoms with van der Waals surface area (Å²) < 4.78 is 5.92. The van der Waals surface area contributed by atoms with Gasteiger partial charge in [0.1, 0.15) is 10.5 Å². The van der Waals surface area contributed by atoms with Crippen molar-refractivity contribution in [2.24, 2.45) is 0 Å². The molecule has 5 nitrogen and oxygen atoms in total. The van der Waals surface area contributed by atoms with Crippen LogP contribution in [-0.2, 0) is 0 Å². The summed E-state index contributed by atoms with van der Waals surface area (Å²) in [5.74, 6) is 1.02. The highest BCUT2D eigenvalue weighted by atomic mass is 35.5. The Morgan fingerprint density at radius 2 is 1.87 bits per heavy atom. The van der Waals surface area contributed by atoms with E-state index in [2.05, 4.69) is 9.97 Å². The van der Waals surface area contributed by atoms with Gasteiger partial charge in [-0.2, -0.15) is 0 Å². The second kappa shape index (κ2) is 8.73. The van der Waals surface area contributed by atoms with Gasteiger partial charge in [-0.25, -0.2) is 9.97 Å². The molecular weight excluding hydrogens is 430 g/mol. The van der Waals surface area contributed by atoms with Crippen molar-refractivity contribution in [3.8, 4) is 0 Å². The molecule has 0 spiro atoms. The number of oxazole rings is 1. The second-order valence-corrected chi connectivity index (χ2v) is 9.06. The van der Waals surface area contributed by atoms with Crippen molar-refractivity contribution >= 4 is 40.4 Å². The lowest BCUT2D eigenvalue weighted by atomic mass is 9.96. The molecule has 156 valence electrons. The van der Waals surface area contributed by atoms with Crippen LogP contribution in [0.2, 0.25) is 5.02 Å². The maximum atomic E-state index is 12.9. The highest BCUT2D eigenvalue weighted by Gasteiger charge is 2.27. The number of carbonyl (C=O) groups is 1. The summed E-state index contributed by atoms with van der Waals surface area (Å²) in [7, 11) is 0. The summed E-state index contributed by atoms with van der Waals surface area (Å²) in [6, 6.07) is 19.0. The molecule has 3 heterocycles. The van der Waals surface area contributed by atoms with Crippen molar-refractivity contribution in [3.05, 3.63) is 83.3 Å². The van der Waals surface area contributed by atoms with Crippen LogP contribution in [-0.4, -0.2) is 33.9 Å². The zero-order valence-corrected chi connectivity index (χ0v) is 18.3. The van der Waals surface area contributed by atoms with E-state index in [0.717, 1.165) is 39.8 Å². The van der Waals surface area contributed by atoms with E-state index in [1.54, 1.807) is 24.0 Å². The summed E-state index contributed by atoms with van der Waals surface area (Å²) in [6.45, 7) is 1.38. The van der Waals surface area contributed by atoms with Crippen molar-refractivity contribution in [2.45, 2.75) is 28.7 Å². The number of benzene rings is 2. The number of hydrogen-bond acceptors (Lipinski definition) is 5. The Balaban J connectivity index is 1.21. The fraction of sp³-hybridized carbons (Fsp3) is 0.208. The molecule has 4 aromatic rings. The van der Waals surface area contributed by atoms with E-state index < -0.39 is 0 Å². The summed E-state index contributed by atoms with van der Waals surface area (Å²) >= 11 is 7.63.